The number of sulfone groups is 1. The van der Waals surface area contributed by atoms with Crippen LogP contribution in [0.3, 0.4) is 0 Å². The number of halogens is 1. The first-order valence-electron chi connectivity index (χ1n) is 10.2. The molecule has 0 fully saturated rings. The standard InChI is InChI=1S/C24H24ClNO6S/c25-18-5-1-4-17(13-18)23(28)15-26-12-2-3-16-6-8-19(9-7-16)33(31,32)20-10-11-21(24(29)30)22(27)14-20/h1,4-11,13-14,23,26-28H,2-3,12,15H2,(H,29,30)/t23-/m0/s1. The maximum Gasteiger partial charge on any atom is 0.339 e. The van der Waals surface area contributed by atoms with Crippen LogP contribution in [0, 0.1) is 0 Å². The van der Waals surface area contributed by atoms with E-state index in [0.717, 1.165) is 35.7 Å². The Morgan fingerprint density at radius 1 is 1.00 bits per heavy atom. The van der Waals surface area contributed by atoms with Gasteiger partial charge in [0.25, 0.3) is 0 Å². The molecule has 3 rings (SSSR count). The fourth-order valence-corrected chi connectivity index (χ4v) is 4.80. The normalized spacial score (nSPS) is 12.4. The van der Waals surface area contributed by atoms with Crippen LogP contribution in [-0.4, -0.2) is 42.8 Å². The molecule has 0 aliphatic rings. The molecule has 0 saturated heterocycles. The van der Waals surface area contributed by atoms with E-state index in [9.17, 15) is 23.4 Å². The van der Waals surface area contributed by atoms with E-state index in [1.54, 1.807) is 30.3 Å². The Morgan fingerprint density at radius 3 is 2.33 bits per heavy atom. The van der Waals surface area contributed by atoms with Gasteiger partial charge in [0.15, 0.2) is 0 Å². The van der Waals surface area contributed by atoms with E-state index in [4.69, 9.17) is 16.7 Å². The third-order valence-corrected chi connectivity index (χ3v) is 7.14. The van der Waals surface area contributed by atoms with Crippen molar-refractivity contribution in [1.82, 2.24) is 5.32 Å². The Morgan fingerprint density at radius 2 is 1.70 bits per heavy atom. The lowest BCUT2D eigenvalue weighted by atomic mass is 10.1. The summed E-state index contributed by atoms with van der Waals surface area (Å²) in [6, 6.07) is 16.7. The molecule has 0 unspecified atom stereocenters. The second kappa shape index (κ2) is 10.8. The maximum absolute atomic E-state index is 12.8. The molecule has 33 heavy (non-hydrogen) atoms. The molecule has 3 aromatic rings. The summed E-state index contributed by atoms with van der Waals surface area (Å²) in [6.45, 7) is 1.07. The smallest absolute Gasteiger partial charge is 0.339 e. The quantitative estimate of drug-likeness (QED) is 0.319. The molecule has 3 aromatic carbocycles. The molecule has 0 heterocycles. The molecule has 174 valence electrons. The highest BCUT2D eigenvalue weighted by Gasteiger charge is 2.20. The molecule has 4 N–H and O–H groups in total. The number of aryl methyl sites for hydroxylation is 1. The SMILES string of the molecule is O=C(O)c1ccc(S(=O)(=O)c2ccc(CCCNC[C@H](O)c3cccc(Cl)c3)cc2)cc1O. The van der Waals surface area contributed by atoms with Gasteiger partial charge < -0.3 is 20.6 Å². The number of aromatic carboxylic acids is 1. The van der Waals surface area contributed by atoms with Gasteiger partial charge in [0.2, 0.25) is 9.84 Å². The summed E-state index contributed by atoms with van der Waals surface area (Å²) in [6.07, 6.45) is 0.852. The molecule has 9 heteroatoms. The van der Waals surface area contributed by atoms with Crippen molar-refractivity contribution in [2.75, 3.05) is 13.1 Å². The van der Waals surface area contributed by atoms with Crippen LogP contribution >= 0.6 is 11.6 Å². The van der Waals surface area contributed by atoms with Gasteiger partial charge in [-0.1, -0.05) is 35.9 Å². The van der Waals surface area contributed by atoms with Crippen molar-refractivity contribution in [2.45, 2.75) is 28.7 Å². The van der Waals surface area contributed by atoms with Crippen molar-refractivity contribution in [3.05, 3.63) is 88.4 Å². The molecular formula is C24H24ClNO6S. The highest BCUT2D eigenvalue weighted by Crippen LogP contribution is 2.27. The van der Waals surface area contributed by atoms with Gasteiger partial charge in [0.1, 0.15) is 11.3 Å². The highest BCUT2D eigenvalue weighted by molar-refractivity contribution is 7.91. The largest absolute Gasteiger partial charge is 0.507 e. The highest BCUT2D eigenvalue weighted by atomic mass is 35.5. The van der Waals surface area contributed by atoms with E-state index < -0.39 is 27.7 Å². The van der Waals surface area contributed by atoms with E-state index in [-0.39, 0.29) is 15.4 Å². The summed E-state index contributed by atoms with van der Waals surface area (Å²) >= 11 is 5.94. The topological polar surface area (TPSA) is 124 Å². The molecule has 0 aliphatic heterocycles. The average Bonchev–Trinajstić information content (AvgIpc) is 2.78. The lowest BCUT2D eigenvalue weighted by molar-refractivity contribution is 0.0693. The zero-order valence-corrected chi connectivity index (χ0v) is 19.2. The van der Waals surface area contributed by atoms with Gasteiger partial charge in [-0.05, 0) is 73.0 Å². The van der Waals surface area contributed by atoms with Gasteiger partial charge in [-0.15, -0.1) is 0 Å². The number of hydrogen-bond acceptors (Lipinski definition) is 6. The van der Waals surface area contributed by atoms with E-state index in [1.165, 1.54) is 12.1 Å². The molecule has 1 atom stereocenters. The number of carboxylic acids is 1. The number of aliphatic hydroxyl groups is 1. The molecule has 0 radical (unpaired) electrons. The average molecular weight is 490 g/mol. The van der Waals surface area contributed by atoms with Crippen LogP contribution in [0.25, 0.3) is 0 Å². The fraction of sp³-hybridized carbons (Fsp3) is 0.208. The number of aliphatic hydroxyl groups excluding tert-OH is 1. The molecule has 0 saturated carbocycles. The zero-order chi connectivity index (χ0) is 24.0. The van der Waals surface area contributed by atoms with Crippen molar-refractivity contribution in [2.24, 2.45) is 0 Å². The summed E-state index contributed by atoms with van der Waals surface area (Å²) in [5.74, 6) is -1.94. The third-order valence-electron chi connectivity index (χ3n) is 5.13. The monoisotopic (exact) mass is 489 g/mol. The molecule has 7 nitrogen and oxygen atoms in total. The predicted molar refractivity (Wildman–Crippen MR) is 125 cm³/mol. The van der Waals surface area contributed by atoms with Crippen molar-refractivity contribution < 1.29 is 28.5 Å². The second-order valence-corrected chi connectivity index (χ2v) is 9.90. The Kier molecular flexibility index (Phi) is 8.10. The van der Waals surface area contributed by atoms with Gasteiger partial charge in [0, 0.05) is 11.6 Å². The number of hydrogen-bond donors (Lipinski definition) is 4. The number of benzene rings is 3. The number of carboxylic acid groups (broad SMARTS) is 1. The molecule has 0 bridgehead atoms. The Labute approximate surface area is 197 Å². The number of rotatable bonds is 10. The van der Waals surface area contributed by atoms with E-state index >= 15 is 0 Å². The van der Waals surface area contributed by atoms with Crippen molar-refractivity contribution in [3.8, 4) is 5.75 Å². The Hall–Kier alpha value is -2.91. The first kappa shape index (κ1) is 24.7. The third kappa shape index (κ3) is 6.33. The van der Waals surface area contributed by atoms with Crippen LogP contribution in [0.4, 0.5) is 0 Å². The summed E-state index contributed by atoms with van der Waals surface area (Å²) < 4.78 is 25.6. The van der Waals surface area contributed by atoms with Crippen LogP contribution in [0.1, 0.15) is 34.0 Å². The van der Waals surface area contributed by atoms with Gasteiger partial charge in [-0.2, -0.15) is 0 Å². The minimum atomic E-state index is -3.89. The molecule has 0 amide bonds. The molecule has 0 aromatic heterocycles. The summed E-state index contributed by atoms with van der Waals surface area (Å²) in [5, 5.41) is 32.7. The van der Waals surface area contributed by atoms with Crippen LogP contribution in [0.15, 0.2) is 76.5 Å². The molecule has 0 spiro atoms. The number of carbonyl (C=O) groups is 1. The van der Waals surface area contributed by atoms with Crippen molar-refractivity contribution in [3.63, 3.8) is 0 Å². The lowest BCUT2D eigenvalue weighted by Gasteiger charge is -2.12. The fourth-order valence-electron chi connectivity index (χ4n) is 3.32. The zero-order valence-electron chi connectivity index (χ0n) is 17.6. The minimum Gasteiger partial charge on any atom is -0.507 e. The van der Waals surface area contributed by atoms with Gasteiger partial charge in [-0.3, -0.25) is 0 Å². The van der Waals surface area contributed by atoms with Gasteiger partial charge in [-0.25, -0.2) is 13.2 Å². The maximum atomic E-state index is 12.8. The van der Waals surface area contributed by atoms with Gasteiger partial charge in [0.05, 0.1) is 15.9 Å². The Bertz CT molecular complexity index is 1230. The van der Waals surface area contributed by atoms with E-state index in [2.05, 4.69) is 5.32 Å². The predicted octanol–water partition coefficient (Wildman–Crippen LogP) is 3.83. The summed E-state index contributed by atoms with van der Waals surface area (Å²) in [5.41, 5.74) is 1.34. The second-order valence-electron chi connectivity index (χ2n) is 7.51. The Balaban J connectivity index is 1.52. The summed E-state index contributed by atoms with van der Waals surface area (Å²) in [4.78, 5) is 10.9. The van der Waals surface area contributed by atoms with E-state index in [0.29, 0.717) is 24.5 Å². The first-order chi connectivity index (χ1) is 15.7. The van der Waals surface area contributed by atoms with Crippen LogP contribution in [0.2, 0.25) is 5.02 Å². The summed E-state index contributed by atoms with van der Waals surface area (Å²) in [7, 11) is -3.89. The number of aromatic hydroxyl groups is 1. The minimum absolute atomic E-state index is 0.0523. The van der Waals surface area contributed by atoms with E-state index in [1.807, 2.05) is 6.07 Å². The van der Waals surface area contributed by atoms with Gasteiger partial charge >= 0.3 is 5.97 Å². The van der Waals surface area contributed by atoms with Crippen molar-refractivity contribution in [1.29, 1.82) is 0 Å². The molecule has 0 aliphatic carbocycles. The van der Waals surface area contributed by atoms with Crippen LogP contribution in [0.5, 0.6) is 5.75 Å². The lowest BCUT2D eigenvalue weighted by Crippen LogP contribution is -2.22. The molecular weight excluding hydrogens is 466 g/mol. The number of phenols is 1. The number of nitrogens with one attached hydrogen (secondary N) is 1. The van der Waals surface area contributed by atoms with Crippen LogP contribution in [-0.2, 0) is 16.3 Å². The first-order valence-corrected chi connectivity index (χ1v) is 12.1. The van der Waals surface area contributed by atoms with Crippen LogP contribution < -0.4 is 5.32 Å². The van der Waals surface area contributed by atoms with Crippen molar-refractivity contribution >= 4 is 27.4 Å².